The molecule has 1 heterocycles. The standard InChI is InChI=1S/C17H16Cl3O4P/c1-10-6-5-9-14(12(10)3)22-25(21)23-15-11(2)7-4-8-13(15)16(24-25)17(18,19)20/h4-9,16H,1-3H3. The highest BCUT2D eigenvalue weighted by atomic mass is 35.6. The van der Waals surface area contributed by atoms with Gasteiger partial charge < -0.3 is 9.05 Å². The van der Waals surface area contributed by atoms with E-state index in [2.05, 4.69) is 0 Å². The van der Waals surface area contributed by atoms with Crippen LogP contribution in [0.5, 0.6) is 11.5 Å². The van der Waals surface area contributed by atoms with Gasteiger partial charge >= 0.3 is 7.82 Å². The third-order valence-corrected chi connectivity index (χ3v) is 5.91. The van der Waals surface area contributed by atoms with E-state index < -0.39 is 17.7 Å². The Balaban J connectivity index is 2.05. The molecule has 8 heteroatoms. The first-order valence-corrected chi connectivity index (χ1v) is 10.1. The van der Waals surface area contributed by atoms with Gasteiger partial charge in [-0.2, -0.15) is 0 Å². The van der Waals surface area contributed by atoms with E-state index in [4.69, 9.17) is 48.4 Å². The van der Waals surface area contributed by atoms with E-state index in [1.54, 1.807) is 24.3 Å². The molecule has 0 aromatic heterocycles. The smallest absolute Gasteiger partial charge is 0.395 e. The summed E-state index contributed by atoms with van der Waals surface area (Å²) in [6, 6.07) is 10.7. The normalized spacial score (nSPS) is 22.9. The van der Waals surface area contributed by atoms with Crippen molar-refractivity contribution in [1.82, 2.24) is 0 Å². The third kappa shape index (κ3) is 3.79. The van der Waals surface area contributed by atoms with Crippen LogP contribution in [0.1, 0.15) is 28.4 Å². The van der Waals surface area contributed by atoms with Crippen LogP contribution in [0.4, 0.5) is 0 Å². The molecule has 0 saturated carbocycles. The monoisotopic (exact) mass is 420 g/mol. The van der Waals surface area contributed by atoms with Crippen LogP contribution in [-0.2, 0) is 9.09 Å². The van der Waals surface area contributed by atoms with Crippen LogP contribution in [0.15, 0.2) is 36.4 Å². The van der Waals surface area contributed by atoms with Crippen LogP contribution in [0.2, 0.25) is 0 Å². The second-order valence-corrected chi connectivity index (χ2v) is 9.69. The van der Waals surface area contributed by atoms with Gasteiger partial charge in [-0.25, -0.2) is 4.57 Å². The molecule has 2 atom stereocenters. The molecule has 0 spiro atoms. The summed E-state index contributed by atoms with van der Waals surface area (Å²) >= 11 is 18.2. The molecule has 0 N–H and O–H groups in total. The molecule has 2 aromatic rings. The number of aryl methyl sites for hydroxylation is 2. The first kappa shape index (κ1) is 18.9. The maximum absolute atomic E-state index is 13.2. The second kappa shape index (κ2) is 6.68. The van der Waals surface area contributed by atoms with Crippen molar-refractivity contribution in [2.75, 3.05) is 0 Å². The number of halogens is 3. The van der Waals surface area contributed by atoms with Crippen molar-refractivity contribution in [3.05, 3.63) is 58.7 Å². The molecule has 1 aliphatic heterocycles. The van der Waals surface area contributed by atoms with Gasteiger partial charge in [0.05, 0.1) is 0 Å². The zero-order chi connectivity index (χ0) is 18.4. The number of rotatable bonds is 2. The second-order valence-electron chi connectivity index (χ2n) is 5.85. The summed E-state index contributed by atoms with van der Waals surface area (Å²) in [7, 11) is -4.05. The summed E-state index contributed by atoms with van der Waals surface area (Å²) < 4.78 is 28.1. The highest BCUT2D eigenvalue weighted by molar-refractivity contribution is 7.49. The quantitative estimate of drug-likeness (QED) is 0.404. The fourth-order valence-corrected chi connectivity index (χ4v) is 4.78. The van der Waals surface area contributed by atoms with Crippen molar-refractivity contribution in [2.24, 2.45) is 0 Å². The topological polar surface area (TPSA) is 44.8 Å². The fraction of sp³-hybridized carbons (Fsp3) is 0.294. The van der Waals surface area contributed by atoms with Crippen LogP contribution >= 0.6 is 42.6 Å². The summed E-state index contributed by atoms with van der Waals surface area (Å²) in [4.78, 5) is 0. The van der Waals surface area contributed by atoms with Crippen LogP contribution < -0.4 is 9.05 Å². The Morgan fingerprint density at radius 1 is 1.04 bits per heavy atom. The Kier molecular flexibility index (Phi) is 5.04. The van der Waals surface area contributed by atoms with Crippen molar-refractivity contribution in [1.29, 1.82) is 0 Å². The number of benzene rings is 2. The SMILES string of the molecule is Cc1cccc(OP2(=O)Oc3c(C)cccc3C(C(Cl)(Cl)Cl)O2)c1C. The molecule has 2 unspecified atom stereocenters. The third-order valence-electron chi connectivity index (χ3n) is 4.02. The average molecular weight is 422 g/mol. The Morgan fingerprint density at radius 3 is 2.36 bits per heavy atom. The molecular weight excluding hydrogens is 406 g/mol. The number of alkyl halides is 3. The predicted octanol–water partition coefficient (Wildman–Crippen LogP) is 6.62. The lowest BCUT2D eigenvalue weighted by molar-refractivity contribution is 0.125. The molecule has 0 saturated heterocycles. The average Bonchev–Trinajstić information content (AvgIpc) is 2.51. The number of para-hydroxylation sites is 1. The lowest BCUT2D eigenvalue weighted by atomic mass is 10.1. The Labute approximate surface area is 161 Å². The molecule has 3 rings (SSSR count). The minimum atomic E-state index is -4.05. The van der Waals surface area contributed by atoms with Crippen molar-refractivity contribution >= 4 is 42.6 Å². The highest BCUT2D eigenvalue weighted by Gasteiger charge is 2.49. The minimum Gasteiger partial charge on any atom is -0.395 e. The van der Waals surface area contributed by atoms with Gasteiger partial charge in [0.25, 0.3) is 0 Å². The number of fused-ring (bicyclic) bond motifs is 1. The molecular formula is C17H16Cl3O4P. The van der Waals surface area contributed by atoms with Crippen molar-refractivity contribution in [2.45, 2.75) is 30.7 Å². The van der Waals surface area contributed by atoms with Crippen LogP contribution in [0.3, 0.4) is 0 Å². The first-order chi connectivity index (χ1) is 11.6. The number of hydrogen-bond donors (Lipinski definition) is 0. The van der Waals surface area contributed by atoms with Gasteiger partial charge in [0.1, 0.15) is 17.6 Å². The summed E-state index contributed by atoms with van der Waals surface area (Å²) in [6.45, 7) is 5.58. The van der Waals surface area contributed by atoms with Gasteiger partial charge in [0.15, 0.2) is 0 Å². The molecule has 2 aromatic carbocycles. The fourth-order valence-electron chi connectivity index (χ4n) is 2.55. The van der Waals surface area contributed by atoms with Gasteiger partial charge in [-0.1, -0.05) is 65.1 Å². The highest BCUT2D eigenvalue weighted by Crippen LogP contribution is 2.63. The Bertz CT molecular complexity index is 863. The molecule has 25 heavy (non-hydrogen) atoms. The molecule has 0 fully saturated rings. The van der Waals surface area contributed by atoms with Crippen molar-refractivity contribution in [3.63, 3.8) is 0 Å². The van der Waals surface area contributed by atoms with Gasteiger partial charge in [0, 0.05) is 5.56 Å². The number of phosphoric ester groups is 1. The van der Waals surface area contributed by atoms with Gasteiger partial charge in [0.2, 0.25) is 3.79 Å². The minimum absolute atomic E-state index is 0.346. The summed E-state index contributed by atoms with van der Waals surface area (Å²) in [5, 5.41) is 0. The van der Waals surface area contributed by atoms with Crippen LogP contribution in [-0.4, -0.2) is 3.79 Å². The van der Waals surface area contributed by atoms with E-state index in [0.29, 0.717) is 17.1 Å². The maximum atomic E-state index is 13.2. The zero-order valence-electron chi connectivity index (χ0n) is 13.8. The van der Waals surface area contributed by atoms with Gasteiger partial charge in [-0.15, -0.1) is 0 Å². The maximum Gasteiger partial charge on any atom is 0.588 e. The first-order valence-electron chi connectivity index (χ1n) is 7.51. The summed E-state index contributed by atoms with van der Waals surface area (Å²) in [5.41, 5.74) is 3.06. The molecule has 134 valence electrons. The van der Waals surface area contributed by atoms with Gasteiger partial charge in [-0.05, 0) is 43.5 Å². The lowest BCUT2D eigenvalue weighted by Gasteiger charge is -2.34. The molecule has 0 radical (unpaired) electrons. The predicted molar refractivity (Wildman–Crippen MR) is 100 cm³/mol. The van der Waals surface area contributed by atoms with E-state index in [-0.39, 0.29) is 0 Å². The molecule has 1 aliphatic rings. The Hall–Kier alpha value is -0.900. The molecule has 4 nitrogen and oxygen atoms in total. The van der Waals surface area contributed by atoms with Crippen molar-refractivity contribution in [3.8, 4) is 11.5 Å². The van der Waals surface area contributed by atoms with Crippen LogP contribution in [0, 0.1) is 20.8 Å². The molecule has 0 aliphatic carbocycles. The number of hydrogen-bond acceptors (Lipinski definition) is 4. The summed E-state index contributed by atoms with van der Waals surface area (Å²) in [6.07, 6.45) is -1.09. The molecule has 0 bridgehead atoms. The largest absolute Gasteiger partial charge is 0.588 e. The van der Waals surface area contributed by atoms with E-state index >= 15 is 0 Å². The van der Waals surface area contributed by atoms with E-state index in [0.717, 1.165) is 16.7 Å². The van der Waals surface area contributed by atoms with Crippen molar-refractivity contribution < 1.29 is 18.1 Å². The summed E-state index contributed by atoms with van der Waals surface area (Å²) in [5.74, 6) is 0.738. The van der Waals surface area contributed by atoms with E-state index in [1.165, 1.54) is 0 Å². The van der Waals surface area contributed by atoms with Gasteiger partial charge in [-0.3, -0.25) is 4.52 Å². The van der Waals surface area contributed by atoms with E-state index in [1.807, 2.05) is 32.9 Å². The lowest BCUT2D eigenvalue weighted by Crippen LogP contribution is -2.26. The number of phosphoric acid groups is 1. The zero-order valence-corrected chi connectivity index (χ0v) is 16.9. The van der Waals surface area contributed by atoms with E-state index in [9.17, 15) is 4.57 Å². The van der Waals surface area contributed by atoms with Crippen LogP contribution in [0.25, 0.3) is 0 Å². The Morgan fingerprint density at radius 2 is 1.68 bits per heavy atom. The molecule has 0 amide bonds.